The Morgan fingerprint density at radius 3 is 2.48 bits per heavy atom. The third-order valence-electron chi connectivity index (χ3n) is 6.94. The normalized spacial score (nSPS) is 13.7. The molecule has 5 rings (SSSR count). The number of hydrogen-bond donors (Lipinski definition) is 1. The number of amides is 2. The summed E-state index contributed by atoms with van der Waals surface area (Å²) in [7, 11) is -4.43. The van der Waals surface area contributed by atoms with Crippen LogP contribution in [0.1, 0.15) is 29.5 Å². The molecule has 42 heavy (non-hydrogen) atoms. The van der Waals surface area contributed by atoms with Crippen LogP contribution in [0.3, 0.4) is 0 Å². The number of nitrogens with one attached hydrogen (secondary N) is 1. The molecule has 2 amide bonds. The van der Waals surface area contributed by atoms with Crippen LogP contribution >= 0.6 is 0 Å². The van der Waals surface area contributed by atoms with Crippen LogP contribution in [0.2, 0.25) is 0 Å². The fourth-order valence-corrected chi connectivity index (χ4v) is 5.70. The predicted octanol–water partition coefficient (Wildman–Crippen LogP) is 5.38. The van der Waals surface area contributed by atoms with E-state index in [1.165, 1.54) is 6.08 Å². The molecule has 1 aliphatic rings. The average Bonchev–Trinajstić information content (AvgIpc) is 3.37. The van der Waals surface area contributed by atoms with E-state index in [1.807, 2.05) is 47.2 Å². The van der Waals surface area contributed by atoms with Crippen molar-refractivity contribution < 1.29 is 31.5 Å². The molecule has 10 heteroatoms. The highest BCUT2D eigenvalue weighted by molar-refractivity contribution is 7.90. The maximum atomic E-state index is 13.5. The number of carbonyl (C=O) groups excluding carboxylic acids is 2. The van der Waals surface area contributed by atoms with Crippen molar-refractivity contribution in [3.8, 4) is 5.75 Å². The first-order valence-electron chi connectivity index (χ1n) is 13.4. The Morgan fingerprint density at radius 2 is 1.71 bits per heavy atom. The third kappa shape index (κ3) is 7.01. The van der Waals surface area contributed by atoms with Crippen LogP contribution < -0.4 is 9.46 Å². The largest absolute Gasteiger partial charge is 0.493 e. The Kier molecular flexibility index (Phi) is 8.63. The molecule has 1 saturated heterocycles. The van der Waals surface area contributed by atoms with Gasteiger partial charge in [-0.25, -0.2) is 21.9 Å². The number of benzene rings is 4. The summed E-state index contributed by atoms with van der Waals surface area (Å²) < 4.78 is 59.6. The average molecular weight is 591 g/mol. The lowest BCUT2D eigenvalue weighted by molar-refractivity contribution is -0.128. The van der Waals surface area contributed by atoms with Crippen molar-refractivity contribution in [1.29, 1.82) is 0 Å². The Morgan fingerprint density at radius 1 is 0.929 bits per heavy atom. The SMILES string of the molecule is O=C(/C=C/c1ccc(CN2CCCC2=O)cc1OCCc1ccc2ccccc2c1)NS(=O)(=O)c1ccc(F)c(F)c1. The highest BCUT2D eigenvalue weighted by Gasteiger charge is 2.21. The van der Waals surface area contributed by atoms with Gasteiger partial charge in [-0.3, -0.25) is 9.59 Å². The molecule has 0 bridgehead atoms. The topological polar surface area (TPSA) is 92.8 Å². The number of fused-ring (bicyclic) bond motifs is 1. The van der Waals surface area contributed by atoms with E-state index in [2.05, 4.69) is 12.1 Å². The van der Waals surface area contributed by atoms with Gasteiger partial charge in [0.1, 0.15) is 5.75 Å². The molecule has 216 valence electrons. The summed E-state index contributed by atoms with van der Waals surface area (Å²) in [6.07, 6.45) is 4.39. The lowest BCUT2D eigenvalue weighted by Gasteiger charge is -2.17. The second-order valence-electron chi connectivity index (χ2n) is 9.95. The number of halogens is 2. The number of hydrogen-bond acceptors (Lipinski definition) is 5. The zero-order valence-electron chi connectivity index (χ0n) is 22.6. The molecule has 0 aliphatic carbocycles. The maximum Gasteiger partial charge on any atom is 0.264 e. The van der Waals surface area contributed by atoms with Gasteiger partial charge in [-0.2, -0.15) is 0 Å². The molecule has 0 saturated carbocycles. The summed E-state index contributed by atoms with van der Waals surface area (Å²) in [5.74, 6) is -2.97. The Hall–Kier alpha value is -4.57. The van der Waals surface area contributed by atoms with Crippen molar-refractivity contribution in [3.05, 3.63) is 113 Å². The van der Waals surface area contributed by atoms with Crippen LogP contribution in [-0.2, 0) is 32.6 Å². The van der Waals surface area contributed by atoms with Gasteiger partial charge < -0.3 is 9.64 Å². The van der Waals surface area contributed by atoms with Crippen molar-refractivity contribution in [3.63, 3.8) is 0 Å². The van der Waals surface area contributed by atoms with E-state index < -0.39 is 32.5 Å². The lowest BCUT2D eigenvalue weighted by Crippen LogP contribution is -2.29. The Labute approximate surface area is 242 Å². The molecule has 1 heterocycles. The monoisotopic (exact) mass is 590 g/mol. The van der Waals surface area contributed by atoms with Crippen LogP contribution in [0.4, 0.5) is 8.78 Å². The number of ether oxygens (including phenoxy) is 1. The van der Waals surface area contributed by atoms with E-state index >= 15 is 0 Å². The quantitative estimate of drug-likeness (QED) is 0.251. The minimum Gasteiger partial charge on any atom is -0.493 e. The van der Waals surface area contributed by atoms with E-state index in [0.29, 0.717) is 56.0 Å². The van der Waals surface area contributed by atoms with Gasteiger partial charge in [0, 0.05) is 37.6 Å². The summed E-state index contributed by atoms with van der Waals surface area (Å²) in [4.78, 5) is 25.8. The van der Waals surface area contributed by atoms with Gasteiger partial charge in [-0.15, -0.1) is 0 Å². The van der Waals surface area contributed by atoms with Crippen LogP contribution in [-0.4, -0.2) is 38.3 Å². The predicted molar refractivity (Wildman–Crippen MR) is 155 cm³/mol. The first kappa shape index (κ1) is 28.9. The fraction of sp³-hybridized carbons (Fsp3) is 0.188. The molecule has 0 atom stereocenters. The summed E-state index contributed by atoms with van der Waals surface area (Å²) in [5.41, 5.74) is 2.46. The summed E-state index contributed by atoms with van der Waals surface area (Å²) in [6, 6.07) is 21.7. The van der Waals surface area contributed by atoms with Gasteiger partial charge in [-0.05, 0) is 58.7 Å². The maximum absolute atomic E-state index is 13.5. The highest BCUT2D eigenvalue weighted by atomic mass is 32.2. The van der Waals surface area contributed by atoms with Crippen LogP contribution in [0.15, 0.2) is 89.8 Å². The smallest absolute Gasteiger partial charge is 0.264 e. The van der Waals surface area contributed by atoms with Crippen molar-refractivity contribution in [2.45, 2.75) is 30.7 Å². The van der Waals surface area contributed by atoms with Gasteiger partial charge >= 0.3 is 0 Å². The number of likely N-dealkylation sites (tertiary alicyclic amines) is 1. The zero-order chi connectivity index (χ0) is 29.7. The first-order valence-corrected chi connectivity index (χ1v) is 14.9. The van der Waals surface area contributed by atoms with Gasteiger partial charge in [-0.1, -0.05) is 54.6 Å². The molecule has 0 spiro atoms. The van der Waals surface area contributed by atoms with Crippen molar-refractivity contribution in [2.75, 3.05) is 13.2 Å². The number of nitrogens with zero attached hydrogens (tertiary/aromatic N) is 1. The van der Waals surface area contributed by atoms with Gasteiger partial charge in [0.05, 0.1) is 11.5 Å². The second kappa shape index (κ2) is 12.5. The minimum absolute atomic E-state index is 0.0941. The molecule has 0 unspecified atom stereocenters. The van der Waals surface area contributed by atoms with E-state index in [-0.39, 0.29) is 5.91 Å². The fourth-order valence-electron chi connectivity index (χ4n) is 4.74. The number of sulfonamides is 1. The molecule has 1 aliphatic heterocycles. The second-order valence-corrected chi connectivity index (χ2v) is 11.6. The van der Waals surface area contributed by atoms with Crippen molar-refractivity contribution in [1.82, 2.24) is 9.62 Å². The Balaban J connectivity index is 1.31. The van der Waals surface area contributed by atoms with Gasteiger partial charge in [0.2, 0.25) is 5.91 Å². The summed E-state index contributed by atoms with van der Waals surface area (Å²) >= 11 is 0. The van der Waals surface area contributed by atoms with E-state index in [4.69, 9.17) is 4.74 Å². The van der Waals surface area contributed by atoms with E-state index in [9.17, 15) is 26.8 Å². The third-order valence-corrected chi connectivity index (χ3v) is 8.28. The van der Waals surface area contributed by atoms with Crippen molar-refractivity contribution in [2.24, 2.45) is 0 Å². The molecular weight excluding hydrogens is 562 g/mol. The van der Waals surface area contributed by atoms with E-state index in [1.54, 1.807) is 11.0 Å². The summed E-state index contributed by atoms with van der Waals surface area (Å²) in [5, 5.41) is 2.27. The lowest BCUT2D eigenvalue weighted by atomic mass is 10.1. The van der Waals surface area contributed by atoms with Crippen LogP contribution in [0.5, 0.6) is 5.75 Å². The van der Waals surface area contributed by atoms with Gasteiger partial charge in [0.25, 0.3) is 15.9 Å². The molecule has 0 radical (unpaired) electrons. The number of carbonyl (C=O) groups is 2. The molecule has 0 aromatic heterocycles. The van der Waals surface area contributed by atoms with E-state index in [0.717, 1.165) is 40.5 Å². The zero-order valence-corrected chi connectivity index (χ0v) is 23.4. The molecule has 4 aromatic rings. The molecule has 1 N–H and O–H groups in total. The van der Waals surface area contributed by atoms with Crippen LogP contribution in [0.25, 0.3) is 16.8 Å². The van der Waals surface area contributed by atoms with Crippen molar-refractivity contribution >= 4 is 38.7 Å². The highest BCUT2D eigenvalue weighted by Crippen LogP contribution is 2.25. The number of rotatable bonds is 10. The molecular formula is C32H28F2N2O5S. The summed E-state index contributed by atoms with van der Waals surface area (Å²) in [6.45, 7) is 1.45. The molecule has 4 aromatic carbocycles. The van der Waals surface area contributed by atoms with Crippen LogP contribution in [0, 0.1) is 11.6 Å². The minimum atomic E-state index is -4.43. The molecule has 1 fully saturated rings. The standard InChI is InChI=1S/C32H28F2N2O5S/c33-28-13-12-27(20-29(28)34)42(39,40)35-31(37)14-11-25-10-8-23(21-36-16-3-6-32(36)38)19-30(25)41-17-15-22-7-9-24-4-1-2-5-26(24)18-22/h1-2,4-5,7-14,18-20H,3,6,15-17,21H2,(H,35,37)/b14-11+. The Bertz CT molecular complexity index is 1790. The van der Waals surface area contributed by atoms with Gasteiger partial charge in [0.15, 0.2) is 11.6 Å². The first-order chi connectivity index (χ1) is 20.2. The molecule has 7 nitrogen and oxygen atoms in total.